The Kier molecular flexibility index (Phi) is 6.03. The molecule has 0 saturated carbocycles. The van der Waals surface area contributed by atoms with Crippen molar-refractivity contribution in [1.82, 2.24) is 0 Å². The van der Waals surface area contributed by atoms with Gasteiger partial charge < -0.3 is 0 Å². The molecule has 0 radical (unpaired) electrons. The largest absolute Gasteiger partial charge is 0.180 e. The van der Waals surface area contributed by atoms with Crippen LogP contribution in [0.5, 0.6) is 0 Å². The molecule has 0 bridgehead atoms. The van der Waals surface area contributed by atoms with Crippen LogP contribution >= 0.6 is 0 Å². The molecule has 7 aromatic rings. The monoisotopic (exact) mass is 609 g/mol. The molecule has 0 unspecified atom stereocenters. The maximum atomic E-state index is 10.6. The van der Waals surface area contributed by atoms with Gasteiger partial charge in [-0.2, -0.15) is 0 Å². The molecule has 2 heteroatoms. The van der Waals surface area contributed by atoms with Crippen LogP contribution in [-0.2, 0) is 0 Å². The zero-order chi connectivity index (χ0) is 32.9. The van der Waals surface area contributed by atoms with Crippen molar-refractivity contribution in [3.8, 4) is 11.1 Å². The third-order valence-corrected chi connectivity index (χ3v) is 18.7. The quantitative estimate of drug-likeness (QED) is 0.189. The summed E-state index contributed by atoms with van der Waals surface area (Å²) in [6.07, 6.45) is 0. The first-order chi connectivity index (χ1) is 23.5. The van der Waals surface area contributed by atoms with Gasteiger partial charge >= 0.3 is 0 Å². The molecule has 0 N–H and O–H groups in total. The van der Waals surface area contributed by atoms with Crippen molar-refractivity contribution in [2.24, 2.45) is 0 Å². The van der Waals surface area contributed by atoms with E-state index in [0.717, 1.165) is 31.1 Å². The number of hydrogen-bond acceptors (Lipinski definition) is 0. The van der Waals surface area contributed by atoms with Crippen LogP contribution in [0, 0.1) is 6.92 Å². The van der Waals surface area contributed by atoms with Crippen molar-refractivity contribution in [3.05, 3.63) is 194 Å². The molecule has 0 fully saturated rings. The summed E-state index contributed by atoms with van der Waals surface area (Å²) in [5.74, 6) is 0. The van der Waals surface area contributed by atoms with Crippen molar-refractivity contribution in [2.75, 3.05) is 0 Å². The maximum absolute atomic E-state index is 10.6. The van der Waals surface area contributed by atoms with Gasteiger partial charge in [-0.25, -0.2) is 0 Å². The van der Waals surface area contributed by atoms with Crippen molar-refractivity contribution < 1.29 is 4.11 Å². The minimum Gasteiger partial charge on any atom is -0.0623 e. The molecule has 0 aromatic heterocycles. The second kappa shape index (κ2) is 11.2. The summed E-state index contributed by atoms with van der Waals surface area (Å²) in [6, 6.07) is 60.5. The summed E-state index contributed by atoms with van der Waals surface area (Å²) in [5.41, 5.74) is 2.98. The van der Waals surface area contributed by atoms with Gasteiger partial charge in [-0.05, 0) is 59.5 Å². The van der Waals surface area contributed by atoms with Gasteiger partial charge in [0.1, 0.15) is 0 Å². The van der Waals surface area contributed by atoms with Gasteiger partial charge in [0.15, 0.2) is 16.1 Å². The lowest BCUT2D eigenvalue weighted by Gasteiger charge is -2.37. The van der Waals surface area contributed by atoms with E-state index in [0.29, 0.717) is 23.7 Å². The van der Waals surface area contributed by atoms with Gasteiger partial charge in [-0.1, -0.05) is 194 Å². The Morgan fingerprint density at radius 2 is 0.800 bits per heavy atom. The fourth-order valence-corrected chi connectivity index (χ4v) is 17.4. The average Bonchev–Trinajstić information content (AvgIpc) is 3.45. The average molecular weight is 610 g/mol. The van der Waals surface area contributed by atoms with Gasteiger partial charge in [0.2, 0.25) is 0 Å². The molecule has 0 nitrogen and oxygen atoms in total. The van der Waals surface area contributed by atoms with E-state index in [1.54, 1.807) is 0 Å². The van der Waals surface area contributed by atoms with E-state index in [1.807, 2.05) is 31.2 Å². The van der Waals surface area contributed by atoms with E-state index in [4.69, 9.17) is 0 Å². The molecule has 214 valence electrons. The van der Waals surface area contributed by atoms with Gasteiger partial charge in [-0.15, -0.1) is 0 Å². The van der Waals surface area contributed by atoms with Gasteiger partial charge in [0, 0.05) is 0 Å². The second-order valence-electron chi connectivity index (χ2n) is 11.8. The van der Waals surface area contributed by atoms with Gasteiger partial charge in [0.05, 0.1) is 4.11 Å². The van der Waals surface area contributed by atoms with E-state index in [9.17, 15) is 4.11 Å². The highest BCUT2D eigenvalue weighted by Crippen LogP contribution is 2.28. The smallest absolute Gasteiger partial charge is 0.0623 e. The molecule has 0 spiro atoms. The number of rotatable bonds is 6. The summed E-state index contributed by atoms with van der Waals surface area (Å²) >= 11 is 0. The van der Waals surface area contributed by atoms with E-state index in [1.165, 1.54) is 21.5 Å². The molecule has 7 aromatic carbocycles. The minimum absolute atomic E-state index is 0.300. The van der Waals surface area contributed by atoms with Crippen LogP contribution in [0.4, 0.5) is 0 Å². The first-order valence-corrected chi connectivity index (χ1v) is 19.5. The number of hydrogen-bond donors (Lipinski definition) is 0. The Bertz CT molecular complexity index is 2040. The Morgan fingerprint density at radius 1 is 0.400 bits per heavy atom. The van der Waals surface area contributed by atoms with Crippen molar-refractivity contribution in [1.29, 1.82) is 0 Å². The third-order valence-electron chi connectivity index (χ3n) is 9.40. The van der Waals surface area contributed by atoms with Gasteiger partial charge in [0.25, 0.3) is 0 Å². The fraction of sp³-hybridized carbons (Fsp3) is 0.0233. The highest BCUT2D eigenvalue weighted by molar-refractivity contribution is 7.23. The molecule has 45 heavy (non-hydrogen) atoms. The van der Waals surface area contributed by atoms with E-state index in [-0.39, 0.29) is 0 Å². The van der Waals surface area contributed by atoms with Crippen LogP contribution in [0.15, 0.2) is 188 Å². The number of fused-ring (bicyclic) bond motifs is 3. The van der Waals surface area contributed by atoms with Crippen LogP contribution in [0.3, 0.4) is 0 Å². The normalized spacial score (nSPS) is 14.1. The minimum atomic E-state index is -3.28. The third kappa shape index (κ3) is 4.17. The van der Waals surface area contributed by atoms with Crippen LogP contribution in [0.2, 0.25) is 0 Å². The van der Waals surface area contributed by atoms with Crippen LogP contribution in [0.25, 0.3) is 11.1 Å². The Morgan fingerprint density at radius 3 is 1.27 bits per heavy atom. The molecule has 1 aliphatic heterocycles. The lowest BCUT2D eigenvalue weighted by molar-refractivity contribution is 1.50. The topological polar surface area (TPSA) is 0 Å². The molecule has 0 atom stereocenters. The SMILES string of the molecule is [2H]c1c(C)c([2H])c([Si]2(c3ccccc3)c3ccccc3-c3ccccc32)c([2H])c1[Si](c1ccccc1)(c1ccccc1)c1ccccc1. The molecule has 0 saturated heterocycles. The highest BCUT2D eigenvalue weighted by Gasteiger charge is 2.50. The zero-order valence-corrected chi connectivity index (χ0v) is 27.2. The maximum Gasteiger partial charge on any atom is 0.180 e. The predicted octanol–water partition coefficient (Wildman–Crippen LogP) is 4.73. The Balaban J connectivity index is 1.61. The molecular weight excluding hydrogens is 573 g/mol. The zero-order valence-electron chi connectivity index (χ0n) is 28.2. The molecule has 0 amide bonds. The van der Waals surface area contributed by atoms with Crippen LogP contribution in [0.1, 0.15) is 9.68 Å². The predicted molar refractivity (Wildman–Crippen MR) is 197 cm³/mol. The second-order valence-corrected chi connectivity index (χ2v) is 19.2. The van der Waals surface area contributed by atoms with Crippen LogP contribution < -0.4 is 41.5 Å². The van der Waals surface area contributed by atoms with Gasteiger partial charge in [-0.3, -0.25) is 0 Å². The van der Waals surface area contributed by atoms with Crippen molar-refractivity contribution in [2.45, 2.75) is 6.92 Å². The Hall–Kier alpha value is -5.03. The van der Waals surface area contributed by atoms with Crippen molar-refractivity contribution in [3.63, 3.8) is 0 Å². The molecule has 1 heterocycles. The molecule has 8 rings (SSSR count). The lowest BCUT2D eigenvalue weighted by Crippen LogP contribution is -2.77. The summed E-state index contributed by atoms with van der Waals surface area (Å²) in [7, 11) is -6.50. The first kappa shape index (κ1) is 24.3. The van der Waals surface area contributed by atoms with Crippen molar-refractivity contribution >= 4 is 57.6 Å². The fourth-order valence-electron chi connectivity index (χ4n) is 7.61. The van der Waals surface area contributed by atoms with E-state index < -0.39 is 16.1 Å². The number of benzene rings is 7. The summed E-state index contributed by atoms with van der Waals surface area (Å²) in [6.45, 7) is 1.93. The summed E-state index contributed by atoms with van der Waals surface area (Å²) in [5, 5.41) is 8.44. The highest BCUT2D eigenvalue weighted by atomic mass is 28.3. The Labute approximate surface area is 272 Å². The lowest BCUT2D eigenvalue weighted by atomic mass is 10.1. The van der Waals surface area contributed by atoms with Crippen LogP contribution in [-0.4, -0.2) is 16.1 Å². The molecule has 1 aliphatic rings. The first-order valence-electron chi connectivity index (χ1n) is 17.0. The molecule has 0 aliphatic carbocycles. The van der Waals surface area contributed by atoms with E-state index in [2.05, 4.69) is 146 Å². The van der Waals surface area contributed by atoms with E-state index >= 15 is 0 Å². The summed E-state index contributed by atoms with van der Waals surface area (Å²) in [4.78, 5) is 0. The standard InChI is InChI=1S/C43H34Si2/c1-33-30-38(44(34-18-6-2-7-19-34,35-20-8-3-9-21-35)36-22-10-4-11-23-36)32-39(31-33)45(37-24-12-5-13-25-37)42-28-16-14-26-40(42)41-27-15-17-29-43(41)45/h2-32H,1H3/i30D,31D,32D. The summed E-state index contributed by atoms with van der Waals surface area (Å²) < 4.78 is 30.4. The molecular formula is C43H34Si2.